The van der Waals surface area contributed by atoms with E-state index in [2.05, 4.69) is 5.32 Å². The van der Waals surface area contributed by atoms with Crippen molar-refractivity contribution >= 4 is 39.2 Å². The van der Waals surface area contributed by atoms with Crippen LogP contribution in [0.1, 0.15) is 9.67 Å². The van der Waals surface area contributed by atoms with Crippen molar-refractivity contribution < 1.29 is 19.1 Å². The highest BCUT2D eigenvalue weighted by Crippen LogP contribution is 2.25. The highest BCUT2D eigenvalue weighted by molar-refractivity contribution is 7.20. The molecule has 0 bridgehead atoms. The van der Waals surface area contributed by atoms with Crippen LogP contribution in [-0.4, -0.2) is 49.9 Å². The largest absolute Gasteiger partial charge is 0.451 e. The van der Waals surface area contributed by atoms with Crippen LogP contribution < -0.4 is 5.32 Å². The Balaban J connectivity index is 1.84. The molecule has 0 spiro atoms. The molecule has 6 nitrogen and oxygen atoms in total. The molecule has 7 heteroatoms. The van der Waals surface area contributed by atoms with Gasteiger partial charge in [-0.15, -0.1) is 11.3 Å². The van der Waals surface area contributed by atoms with E-state index in [1.54, 1.807) is 20.2 Å². The van der Waals surface area contributed by atoms with Crippen LogP contribution in [0.4, 0.5) is 0 Å². The van der Waals surface area contributed by atoms with E-state index in [4.69, 9.17) is 4.74 Å². The predicted octanol–water partition coefficient (Wildman–Crippen LogP) is 1.26. The van der Waals surface area contributed by atoms with Crippen molar-refractivity contribution in [2.75, 3.05) is 27.2 Å². The van der Waals surface area contributed by atoms with Gasteiger partial charge in [0.05, 0.1) is 6.54 Å². The molecule has 2 aromatic rings. The van der Waals surface area contributed by atoms with Gasteiger partial charge in [-0.1, -0.05) is 18.2 Å². The number of likely N-dealkylation sites (N-methyl/N-ethyl adjacent to an activating group) is 1. The molecule has 0 aliphatic heterocycles. The highest BCUT2D eigenvalue weighted by Gasteiger charge is 2.14. The Morgan fingerprint density at radius 2 is 1.95 bits per heavy atom. The van der Waals surface area contributed by atoms with Crippen molar-refractivity contribution in [3.8, 4) is 0 Å². The van der Waals surface area contributed by atoms with Crippen molar-refractivity contribution in [3.63, 3.8) is 0 Å². The van der Waals surface area contributed by atoms with E-state index in [9.17, 15) is 14.4 Å². The van der Waals surface area contributed by atoms with Gasteiger partial charge >= 0.3 is 5.97 Å². The SMILES string of the molecule is CN(C)C(=O)CNC(=O)COC(=O)c1cc2ccccc2s1. The first-order valence-corrected chi connectivity index (χ1v) is 7.41. The third-order valence-electron chi connectivity index (χ3n) is 2.90. The maximum absolute atomic E-state index is 11.9. The molecule has 0 unspecified atom stereocenters. The van der Waals surface area contributed by atoms with Crippen molar-refractivity contribution in [1.29, 1.82) is 0 Å². The molecule has 0 atom stereocenters. The number of hydrogen-bond acceptors (Lipinski definition) is 5. The minimum absolute atomic E-state index is 0.119. The summed E-state index contributed by atoms with van der Waals surface area (Å²) in [7, 11) is 3.19. The highest BCUT2D eigenvalue weighted by atomic mass is 32.1. The smallest absolute Gasteiger partial charge is 0.348 e. The van der Waals surface area contributed by atoms with E-state index in [0.29, 0.717) is 4.88 Å². The second-order valence-corrected chi connectivity index (χ2v) is 5.87. The maximum atomic E-state index is 11.9. The molecule has 1 aromatic heterocycles. The number of amides is 2. The fourth-order valence-electron chi connectivity index (χ4n) is 1.67. The molecule has 2 amide bonds. The molecule has 0 radical (unpaired) electrons. The lowest BCUT2D eigenvalue weighted by Crippen LogP contribution is -2.38. The molecule has 1 N–H and O–H groups in total. The molecule has 2 rings (SSSR count). The van der Waals surface area contributed by atoms with Gasteiger partial charge in [-0.05, 0) is 17.5 Å². The van der Waals surface area contributed by atoms with Gasteiger partial charge in [0.15, 0.2) is 6.61 Å². The van der Waals surface area contributed by atoms with E-state index in [-0.39, 0.29) is 12.5 Å². The first-order valence-electron chi connectivity index (χ1n) is 6.60. The topological polar surface area (TPSA) is 75.7 Å². The van der Waals surface area contributed by atoms with Gasteiger partial charge in [0.2, 0.25) is 5.91 Å². The van der Waals surface area contributed by atoms with Crippen LogP contribution in [0.25, 0.3) is 10.1 Å². The molecule has 116 valence electrons. The van der Waals surface area contributed by atoms with Crippen LogP contribution in [0.15, 0.2) is 30.3 Å². The summed E-state index contributed by atoms with van der Waals surface area (Å²) in [5.74, 6) is -1.29. The molecular weight excluding hydrogens is 304 g/mol. The van der Waals surface area contributed by atoms with Gasteiger partial charge in [0.25, 0.3) is 5.91 Å². The maximum Gasteiger partial charge on any atom is 0.348 e. The minimum Gasteiger partial charge on any atom is -0.451 e. The number of carbonyl (C=O) groups is 3. The molecule has 0 saturated heterocycles. The zero-order valence-corrected chi connectivity index (χ0v) is 13.1. The fraction of sp³-hybridized carbons (Fsp3) is 0.267. The Bertz CT molecular complexity index is 675. The van der Waals surface area contributed by atoms with Gasteiger partial charge in [0.1, 0.15) is 4.88 Å². The number of carbonyl (C=O) groups excluding carboxylic acids is 3. The van der Waals surface area contributed by atoms with Gasteiger partial charge in [-0.2, -0.15) is 0 Å². The third-order valence-corrected chi connectivity index (χ3v) is 3.99. The number of ether oxygens (including phenoxy) is 1. The number of nitrogens with zero attached hydrogens (tertiary/aromatic N) is 1. The second kappa shape index (κ2) is 7.04. The molecule has 22 heavy (non-hydrogen) atoms. The molecule has 0 fully saturated rings. The molecule has 1 heterocycles. The quantitative estimate of drug-likeness (QED) is 0.842. The van der Waals surface area contributed by atoms with E-state index >= 15 is 0 Å². The van der Waals surface area contributed by atoms with E-state index in [0.717, 1.165) is 10.1 Å². The summed E-state index contributed by atoms with van der Waals surface area (Å²) in [5, 5.41) is 3.35. The molecule has 0 aliphatic rings. The zero-order chi connectivity index (χ0) is 16.1. The lowest BCUT2D eigenvalue weighted by Gasteiger charge is -2.10. The van der Waals surface area contributed by atoms with Crippen LogP contribution in [0.3, 0.4) is 0 Å². The summed E-state index contributed by atoms with van der Waals surface area (Å²) in [6.07, 6.45) is 0. The monoisotopic (exact) mass is 320 g/mol. The molecular formula is C15H16N2O4S. The van der Waals surface area contributed by atoms with Crippen LogP contribution >= 0.6 is 11.3 Å². The number of rotatable bonds is 5. The summed E-state index contributed by atoms with van der Waals surface area (Å²) in [4.78, 5) is 36.5. The lowest BCUT2D eigenvalue weighted by atomic mass is 10.2. The van der Waals surface area contributed by atoms with Gasteiger partial charge in [0, 0.05) is 18.8 Å². The summed E-state index contributed by atoms with van der Waals surface area (Å²) in [5.41, 5.74) is 0. The van der Waals surface area contributed by atoms with E-state index < -0.39 is 18.5 Å². The average molecular weight is 320 g/mol. The van der Waals surface area contributed by atoms with Crippen LogP contribution in [0.5, 0.6) is 0 Å². The molecule has 0 saturated carbocycles. The summed E-state index contributed by atoms with van der Waals surface area (Å²) >= 11 is 1.31. The van der Waals surface area contributed by atoms with Crippen molar-refractivity contribution in [1.82, 2.24) is 10.2 Å². The normalized spacial score (nSPS) is 10.3. The fourth-order valence-corrected chi connectivity index (χ4v) is 2.62. The number of esters is 1. The number of hydrogen-bond donors (Lipinski definition) is 1. The Labute approximate surface area is 131 Å². The number of fused-ring (bicyclic) bond motifs is 1. The summed E-state index contributed by atoms with van der Waals surface area (Å²) in [6, 6.07) is 9.33. The van der Waals surface area contributed by atoms with Gasteiger partial charge in [-0.25, -0.2) is 4.79 Å². The van der Waals surface area contributed by atoms with Crippen LogP contribution in [-0.2, 0) is 14.3 Å². The van der Waals surface area contributed by atoms with Gasteiger partial charge in [-0.3, -0.25) is 9.59 Å². The first kappa shape index (κ1) is 16.0. The van der Waals surface area contributed by atoms with Crippen LogP contribution in [0, 0.1) is 0 Å². The number of nitrogens with one attached hydrogen (secondary N) is 1. The van der Waals surface area contributed by atoms with Gasteiger partial charge < -0.3 is 15.0 Å². The van der Waals surface area contributed by atoms with Crippen molar-refractivity contribution in [2.24, 2.45) is 0 Å². The third kappa shape index (κ3) is 4.05. The summed E-state index contributed by atoms with van der Waals surface area (Å²) in [6.45, 7) is -0.528. The lowest BCUT2D eigenvalue weighted by molar-refractivity contribution is -0.131. The Kier molecular flexibility index (Phi) is 5.11. The summed E-state index contributed by atoms with van der Waals surface area (Å²) < 4.78 is 5.93. The standard InChI is InChI=1S/C15H16N2O4S/c1-17(2)14(19)8-16-13(18)9-21-15(20)12-7-10-5-3-4-6-11(10)22-12/h3-7H,8-9H2,1-2H3,(H,16,18). The van der Waals surface area contributed by atoms with E-state index in [1.807, 2.05) is 24.3 Å². The second-order valence-electron chi connectivity index (χ2n) is 4.79. The number of benzene rings is 1. The Morgan fingerprint density at radius 3 is 2.64 bits per heavy atom. The Morgan fingerprint density at radius 1 is 1.23 bits per heavy atom. The first-order chi connectivity index (χ1) is 10.5. The zero-order valence-electron chi connectivity index (χ0n) is 12.3. The minimum atomic E-state index is -0.546. The molecule has 0 aliphatic carbocycles. The number of thiophene rings is 1. The molecule has 1 aromatic carbocycles. The van der Waals surface area contributed by atoms with Crippen molar-refractivity contribution in [3.05, 3.63) is 35.2 Å². The average Bonchev–Trinajstić information content (AvgIpc) is 2.94. The van der Waals surface area contributed by atoms with Crippen LogP contribution in [0.2, 0.25) is 0 Å². The predicted molar refractivity (Wildman–Crippen MR) is 83.8 cm³/mol. The Hall–Kier alpha value is -2.41. The van der Waals surface area contributed by atoms with Crippen molar-refractivity contribution in [2.45, 2.75) is 0 Å². The van der Waals surface area contributed by atoms with E-state index in [1.165, 1.54) is 16.2 Å².